The molecule has 1 unspecified atom stereocenters. The van der Waals surface area contributed by atoms with E-state index in [-0.39, 0.29) is 21.7 Å². The molecule has 0 nitrogen and oxygen atoms in total. The normalized spacial score (nSPS) is 19.3. The van der Waals surface area contributed by atoms with Gasteiger partial charge in [-0.05, 0) is 78.6 Å². The quantitative estimate of drug-likeness (QED) is 0.213. The summed E-state index contributed by atoms with van der Waals surface area (Å²) in [5.74, 6) is 0. The summed E-state index contributed by atoms with van der Waals surface area (Å²) < 4.78 is 0. The molecule has 0 aliphatic heterocycles. The number of halogens is 1. The second-order valence-electron chi connectivity index (χ2n) is 13.7. The highest BCUT2D eigenvalue weighted by atomic mass is 35.5. The summed E-state index contributed by atoms with van der Waals surface area (Å²) in [6, 6.07) is 30.3. The number of fused-ring (bicyclic) bond motifs is 6. The van der Waals surface area contributed by atoms with E-state index >= 15 is 0 Å². The van der Waals surface area contributed by atoms with Gasteiger partial charge in [0.05, 0.1) is 5.41 Å². The molecule has 0 saturated carbocycles. The van der Waals surface area contributed by atoms with Crippen molar-refractivity contribution in [3.05, 3.63) is 128 Å². The molecular weight excluding hydrogens is 468 g/mol. The summed E-state index contributed by atoms with van der Waals surface area (Å²) in [4.78, 5) is 0. The van der Waals surface area contributed by atoms with Crippen LogP contribution in [0.1, 0.15) is 99.9 Å². The Bertz CT molecular complexity index is 1550. The molecule has 6 rings (SSSR count). The van der Waals surface area contributed by atoms with Gasteiger partial charge in [0.1, 0.15) is 0 Å². The molecule has 1 heteroatoms. The average Bonchev–Trinajstić information content (AvgIpc) is 3.10. The van der Waals surface area contributed by atoms with E-state index in [4.69, 9.17) is 11.6 Å². The molecule has 0 spiro atoms. The third-order valence-corrected chi connectivity index (χ3v) is 9.16. The van der Waals surface area contributed by atoms with Gasteiger partial charge in [0.2, 0.25) is 0 Å². The van der Waals surface area contributed by atoms with Gasteiger partial charge < -0.3 is 0 Å². The van der Waals surface area contributed by atoms with Crippen LogP contribution in [0.15, 0.2) is 78.9 Å². The highest BCUT2D eigenvalue weighted by Gasteiger charge is 2.51. The molecule has 1 atom stereocenters. The molecule has 2 aliphatic rings. The topological polar surface area (TPSA) is 0 Å². The fourth-order valence-electron chi connectivity index (χ4n) is 6.67. The third kappa shape index (κ3) is 3.34. The maximum absolute atomic E-state index is 6.68. The second-order valence-corrected chi connectivity index (χ2v) is 14.1. The van der Waals surface area contributed by atoms with Crippen LogP contribution in [0.25, 0.3) is 11.1 Å². The van der Waals surface area contributed by atoms with Gasteiger partial charge in [-0.2, -0.15) is 0 Å². The van der Waals surface area contributed by atoms with Gasteiger partial charge in [0, 0.05) is 10.4 Å². The van der Waals surface area contributed by atoms with Gasteiger partial charge in [0.15, 0.2) is 0 Å². The molecule has 0 N–H and O–H groups in total. The van der Waals surface area contributed by atoms with E-state index in [1.54, 1.807) is 0 Å². The van der Waals surface area contributed by atoms with Crippen molar-refractivity contribution in [2.75, 3.05) is 0 Å². The monoisotopic (exact) mass is 504 g/mol. The first-order chi connectivity index (χ1) is 17.3. The van der Waals surface area contributed by atoms with E-state index in [2.05, 4.69) is 134 Å². The molecule has 0 aromatic heterocycles. The zero-order valence-corrected chi connectivity index (χ0v) is 24.1. The molecule has 2 aliphatic carbocycles. The number of hydrogen-bond acceptors (Lipinski definition) is 0. The Hall–Kier alpha value is -2.83. The Labute approximate surface area is 227 Å². The van der Waals surface area contributed by atoms with E-state index in [1.807, 2.05) is 0 Å². The summed E-state index contributed by atoms with van der Waals surface area (Å²) in [7, 11) is 0. The lowest BCUT2D eigenvalue weighted by Crippen LogP contribution is -2.31. The minimum atomic E-state index is -0.388. The van der Waals surface area contributed by atoms with Crippen LogP contribution in [0.3, 0.4) is 0 Å². The lowest BCUT2D eigenvalue weighted by Gasteiger charge is -2.36. The minimum absolute atomic E-state index is 0.0326. The van der Waals surface area contributed by atoms with Crippen molar-refractivity contribution in [2.45, 2.75) is 77.0 Å². The predicted molar refractivity (Wildman–Crippen MR) is 158 cm³/mol. The van der Waals surface area contributed by atoms with Crippen molar-refractivity contribution in [3.8, 4) is 11.1 Å². The number of benzene rings is 4. The van der Waals surface area contributed by atoms with Crippen LogP contribution in [0.2, 0.25) is 5.02 Å². The van der Waals surface area contributed by atoms with Crippen molar-refractivity contribution < 1.29 is 0 Å². The largest absolute Gasteiger partial charge is 0.0843 e. The molecule has 188 valence electrons. The van der Waals surface area contributed by atoms with Crippen molar-refractivity contribution in [2.24, 2.45) is 0 Å². The van der Waals surface area contributed by atoms with Gasteiger partial charge in [-0.3, -0.25) is 0 Å². The predicted octanol–water partition coefficient (Wildman–Crippen LogP) is 9.94. The van der Waals surface area contributed by atoms with Gasteiger partial charge in [-0.15, -0.1) is 0 Å². The van der Waals surface area contributed by atoms with Crippen LogP contribution in [-0.4, -0.2) is 0 Å². The molecule has 0 amide bonds. The van der Waals surface area contributed by atoms with Crippen molar-refractivity contribution in [3.63, 3.8) is 0 Å². The van der Waals surface area contributed by atoms with Crippen LogP contribution >= 0.6 is 11.6 Å². The van der Waals surface area contributed by atoms with E-state index < -0.39 is 0 Å². The van der Waals surface area contributed by atoms with Crippen LogP contribution in [-0.2, 0) is 21.7 Å². The molecule has 0 saturated heterocycles. The Morgan fingerprint density at radius 2 is 1.22 bits per heavy atom. The first-order valence-electron chi connectivity index (χ1n) is 13.5. The van der Waals surface area contributed by atoms with Gasteiger partial charge in [-0.25, -0.2) is 0 Å². The second kappa shape index (κ2) is 7.61. The average molecular weight is 505 g/mol. The summed E-state index contributed by atoms with van der Waals surface area (Å²) in [5, 5.41) is 0.788. The summed E-state index contributed by atoms with van der Waals surface area (Å²) in [6.45, 7) is 18.6. The van der Waals surface area contributed by atoms with Crippen LogP contribution in [0.4, 0.5) is 0 Å². The lowest BCUT2D eigenvalue weighted by atomic mass is 9.65. The van der Waals surface area contributed by atoms with Crippen molar-refractivity contribution >= 4 is 11.6 Å². The molecule has 37 heavy (non-hydrogen) atoms. The smallest absolute Gasteiger partial charge is 0.0716 e. The van der Waals surface area contributed by atoms with Crippen LogP contribution < -0.4 is 0 Å². The standard InChI is InChI=1S/C36H37Cl/c1-33(2,3)22-12-14-23(15-13-22)36-25-11-9-10-24(18-25)35(7,8)31-20-26(34(4,5)6)19-29(32(31)36)28-21-27(37)16-17-30(28)36/h9-21H,1-8H3. The van der Waals surface area contributed by atoms with Gasteiger partial charge in [-0.1, -0.05) is 134 Å². The van der Waals surface area contributed by atoms with Crippen LogP contribution in [0, 0.1) is 0 Å². The zero-order chi connectivity index (χ0) is 26.5. The number of rotatable bonds is 1. The molecule has 0 radical (unpaired) electrons. The summed E-state index contributed by atoms with van der Waals surface area (Å²) >= 11 is 6.68. The van der Waals surface area contributed by atoms with E-state index in [0.717, 1.165) is 5.02 Å². The fourth-order valence-corrected chi connectivity index (χ4v) is 6.84. The molecule has 0 heterocycles. The Morgan fingerprint density at radius 3 is 1.86 bits per heavy atom. The first kappa shape index (κ1) is 24.5. The van der Waals surface area contributed by atoms with Gasteiger partial charge >= 0.3 is 0 Å². The van der Waals surface area contributed by atoms with Crippen molar-refractivity contribution in [1.29, 1.82) is 0 Å². The van der Waals surface area contributed by atoms with E-state index in [1.165, 1.54) is 55.6 Å². The maximum Gasteiger partial charge on any atom is 0.0716 e. The van der Waals surface area contributed by atoms with E-state index in [9.17, 15) is 0 Å². The minimum Gasteiger partial charge on any atom is -0.0843 e. The Morgan fingerprint density at radius 1 is 0.568 bits per heavy atom. The molecule has 4 aromatic rings. The lowest BCUT2D eigenvalue weighted by molar-refractivity contribution is 0.579. The first-order valence-corrected chi connectivity index (χ1v) is 13.9. The summed E-state index contributed by atoms with van der Waals surface area (Å²) in [5.41, 5.74) is 13.1. The third-order valence-electron chi connectivity index (χ3n) is 8.93. The summed E-state index contributed by atoms with van der Waals surface area (Å²) in [6.07, 6.45) is 0. The highest BCUT2D eigenvalue weighted by Crippen LogP contribution is 2.61. The Kier molecular flexibility index (Phi) is 5.04. The van der Waals surface area contributed by atoms with Crippen molar-refractivity contribution in [1.82, 2.24) is 0 Å². The van der Waals surface area contributed by atoms with E-state index in [0.29, 0.717) is 0 Å². The maximum atomic E-state index is 6.68. The van der Waals surface area contributed by atoms with Crippen LogP contribution in [0.5, 0.6) is 0 Å². The fraction of sp³-hybridized carbons (Fsp3) is 0.333. The number of hydrogen-bond donors (Lipinski definition) is 0. The Balaban J connectivity index is 1.83. The molecular formula is C36H37Cl. The highest BCUT2D eigenvalue weighted by molar-refractivity contribution is 6.31. The zero-order valence-electron chi connectivity index (χ0n) is 23.4. The molecule has 4 aromatic carbocycles. The SMILES string of the molecule is CC(C)(C)c1ccc(C23c4cccc(c4)C(C)(C)c4cc(C(C)(C)C)cc(c42)-c2cc(Cl)ccc23)cc1. The van der Waals surface area contributed by atoms with Gasteiger partial charge in [0.25, 0.3) is 0 Å². The molecule has 2 bridgehead atoms. The molecule has 0 fully saturated rings.